The molecule has 0 spiro atoms. The van der Waals surface area contributed by atoms with Crippen molar-refractivity contribution in [3.8, 4) is 0 Å². The molecule has 0 aromatic heterocycles. The summed E-state index contributed by atoms with van der Waals surface area (Å²) in [5.74, 6) is -0.166. The minimum absolute atomic E-state index is 0.166. The molecule has 0 radical (unpaired) electrons. The molecule has 0 atom stereocenters. The van der Waals surface area contributed by atoms with Gasteiger partial charge in [0.2, 0.25) is 5.91 Å². The Labute approximate surface area is 111 Å². The lowest BCUT2D eigenvalue weighted by Crippen LogP contribution is -2.07. The van der Waals surface area contributed by atoms with Gasteiger partial charge in [-0.2, -0.15) is 0 Å². The van der Waals surface area contributed by atoms with Gasteiger partial charge in [0.05, 0.1) is 0 Å². The van der Waals surface area contributed by atoms with Crippen LogP contribution in [0, 0.1) is 0 Å². The van der Waals surface area contributed by atoms with Crippen molar-refractivity contribution in [1.29, 1.82) is 0 Å². The predicted molar refractivity (Wildman–Crippen MR) is 75.6 cm³/mol. The molecule has 0 unspecified atom stereocenters. The summed E-state index contributed by atoms with van der Waals surface area (Å²) in [6.07, 6.45) is 3.27. The van der Waals surface area contributed by atoms with Gasteiger partial charge in [0.15, 0.2) is 0 Å². The highest BCUT2D eigenvalue weighted by molar-refractivity contribution is 6.30. The standard InChI is InChI=1S/C15H12ClNO/c16-13-7-9-14(10-8-13)17-15(18)11-6-12-4-2-1-3-5-12/h1-11H,(H,17,18)/b11-6-. The van der Waals surface area contributed by atoms with Crippen LogP contribution < -0.4 is 5.32 Å². The fourth-order valence-electron chi connectivity index (χ4n) is 1.45. The molecular weight excluding hydrogens is 246 g/mol. The zero-order chi connectivity index (χ0) is 12.8. The molecule has 0 fully saturated rings. The van der Waals surface area contributed by atoms with Crippen molar-refractivity contribution in [3.63, 3.8) is 0 Å². The number of rotatable bonds is 3. The van der Waals surface area contributed by atoms with E-state index in [9.17, 15) is 4.79 Å². The van der Waals surface area contributed by atoms with Crippen LogP contribution in [0.2, 0.25) is 5.02 Å². The third kappa shape index (κ3) is 3.75. The number of hydrogen-bond acceptors (Lipinski definition) is 1. The Hall–Kier alpha value is -2.06. The van der Waals surface area contributed by atoms with E-state index in [0.29, 0.717) is 5.02 Å². The van der Waals surface area contributed by atoms with Crippen molar-refractivity contribution in [1.82, 2.24) is 0 Å². The average Bonchev–Trinajstić information content (AvgIpc) is 2.40. The van der Waals surface area contributed by atoms with Crippen LogP contribution in [0.25, 0.3) is 6.08 Å². The fourth-order valence-corrected chi connectivity index (χ4v) is 1.58. The second-order valence-electron chi connectivity index (χ2n) is 3.74. The molecule has 1 N–H and O–H groups in total. The van der Waals surface area contributed by atoms with Crippen molar-refractivity contribution >= 4 is 29.3 Å². The van der Waals surface area contributed by atoms with Gasteiger partial charge in [-0.15, -0.1) is 0 Å². The van der Waals surface area contributed by atoms with Gasteiger partial charge >= 0.3 is 0 Å². The molecule has 2 aromatic rings. The van der Waals surface area contributed by atoms with Gasteiger partial charge in [0, 0.05) is 16.8 Å². The average molecular weight is 258 g/mol. The summed E-state index contributed by atoms with van der Waals surface area (Å²) in [4.78, 5) is 11.6. The summed E-state index contributed by atoms with van der Waals surface area (Å²) in [6, 6.07) is 16.7. The van der Waals surface area contributed by atoms with Crippen molar-refractivity contribution in [2.45, 2.75) is 0 Å². The van der Waals surface area contributed by atoms with E-state index in [0.717, 1.165) is 11.3 Å². The number of hydrogen-bond donors (Lipinski definition) is 1. The van der Waals surface area contributed by atoms with E-state index in [1.54, 1.807) is 30.3 Å². The molecule has 0 saturated heterocycles. The first-order valence-corrected chi connectivity index (χ1v) is 5.91. The Bertz CT molecular complexity index is 546. The highest BCUT2D eigenvalue weighted by Gasteiger charge is 1.97. The maximum atomic E-state index is 11.6. The molecule has 0 aliphatic heterocycles. The summed E-state index contributed by atoms with van der Waals surface area (Å²) < 4.78 is 0. The molecule has 0 aliphatic carbocycles. The molecule has 90 valence electrons. The van der Waals surface area contributed by atoms with Crippen LogP contribution in [0.5, 0.6) is 0 Å². The van der Waals surface area contributed by atoms with E-state index in [1.165, 1.54) is 6.08 Å². The summed E-state index contributed by atoms with van der Waals surface area (Å²) in [7, 11) is 0. The maximum Gasteiger partial charge on any atom is 0.248 e. The van der Waals surface area contributed by atoms with E-state index >= 15 is 0 Å². The maximum absolute atomic E-state index is 11.6. The Morgan fingerprint density at radius 2 is 1.67 bits per heavy atom. The van der Waals surface area contributed by atoms with Crippen molar-refractivity contribution in [2.75, 3.05) is 5.32 Å². The molecule has 2 rings (SSSR count). The zero-order valence-corrected chi connectivity index (χ0v) is 10.4. The zero-order valence-electron chi connectivity index (χ0n) is 9.64. The summed E-state index contributed by atoms with van der Waals surface area (Å²) in [6.45, 7) is 0. The number of benzene rings is 2. The highest BCUT2D eigenvalue weighted by atomic mass is 35.5. The van der Waals surface area contributed by atoms with Crippen LogP contribution in [0.15, 0.2) is 60.7 Å². The number of anilines is 1. The second kappa shape index (κ2) is 6.03. The third-order valence-electron chi connectivity index (χ3n) is 2.34. The number of carbonyl (C=O) groups excluding carboxylic acids is 1. The minimum Gasteiger partial charge on any atom is -0.323 e. The first-order valence-electron chi connectivity index (χ1n) is 5.54. The smallest absolute Gasteiger partial charge is 0.248 e. The van der Waals surface area contributed by atoms with Crippen molar-refractivity contribution in [2.24, 2.45) is 0 Å². The van der Waals surface area contributed by atoms with Crippen LogP contribution >= 0.6 is 11.6 Å². The van der Waals surface area contributed by atoms with Crippen LogP contribution in [0.4, 0.5) is 5.69 Å². The predicted octanol–water partition coefficient (Wildman–Crippen LogP) is 3.99. The number of carbonyl (C=O) groups is 1. The Balaban J connectivity index is 1.97. The van der Waals surface area contributed by atoms with E-state index in [1.807, 2.05) is 30.3 Å². The van der Waals surface area contributed by atoms with E-state index in [-0.39, 0.29) is 5.91 Å². The van der Waals surface area contributed by atoms with Crippen LogP contribution in [-0.2, 0) is 4.79 Å². The first-order chi connectivity index (χ1) is 8.74. The largest absolute Gasteiger partial charge is 0.323 e. The normalized spacial score (nSPS) is 10.5. The Morgan fingerprint density at radius 1 is 1.00 bits per heavy atom. The van der Waals surface area contributed by atoms with Crippen molar-refractivity contribution in [3.05, 3.63) is 71.3 Å². The Kier molecular flexibility index (Phi) is 4.15. The van der Waals surface area contributed by atoms with E-state index in [2.05, 4.69) is 5.32 Å². The van der Waals surface area contributed by atoms with E-state index in [4.69, 9.17) is 11.6 Å². The van der Waals surface area contributed by atoms with Crippen LogP contribution in [0.3, 0.4) is 0 Å². The summed E-state index contributed by atoms with van der Waals surface area (Å²) in [5.41, 5.74) is 1.71. The SMILES string of the molecule is O=C(/C=C\c1ccccc1)Nc1ccc(Cl)cc1. The molecule has 2 aromatic carbocycles. The van der Waals surface area contributed by atoms with Gasteiger partial charge in [0.1, 0.15) is 0 Å². The van der Waals surface area contributed by atoms with E-state index < -0.39 is 0 Å². The van der Waals surface area contributed by atoms with Gasteiger partial charge in [-0.3, -0.25) is 4.79 Å². The lowest BCUT2D eigenvalue weighted by molar-refractivity contribution is -0.111. The van der Waals surface area contributed by atoms with Crippen LogP contribution in [-0.4, -0.2) is 5.91 Å². The quantitative estimate of drug-likeness (QED) is 0.828. The number of nitrogens with one attached hydrogen (secondary N) is 1. The molecule has 0 bridgehead atoms. The molecule has 3 heteroatoms. The van der Waals surface area contributed by atoms with Gasteiger partial charge < -0.3 is 5.32 Å². The lowest BCUT2D eigenvalue weighted by atomic mass is 10.2. The minimum atomic E-state index is -0.166. The molecule has 18 heavy (non-hydrogen) atoms. The second-order valence-corrected chi connectivity index (χ2v) is 4.18. The lowest BCUT2D eigenvalue weighted by Gasteiger charge is -2.01. The molecule has 2 nitrogen and oxygen atoms in total. The number of halogens is 1. The topological polar surface area (TPSA) is 29.1 Å². The Morgan fingerprint density at radius 3 is 2.33 bits per heavy atom. The third-order valence-corrected chi connectivity index (χ3v) is 2.59. The highest BCUT2D eigenvalue weighted by Crippen LogP contribution is 2.13. The summed E-state index contributed by atoms with van der Waals surface area (Å²) in [5, 5.41) is 3.40. The molecule has 0 aliphatic rings. The summed E-state index contributed by atoms with van der Waals surface area (Å²) >= 11 is 5.76. The molecular formula is C15H12ClNO. The van der Waals surface area contributed by atoms with Gasteiger partial charge in [-0.1, -0.05) is 41.9 Å². The van der Waals surface area contributed by atoms with Crippen molar-refractivity contribution < 1.29 is 4.79 Å². The molecule has 0 heterocycles. The fraction of sp³-hybridized carbons (Fsp3) is 0. The number of amides is 1. The van der Waals surface area contributed by atoms with Crippen LogP contribution in [0.1, 0.15) is 5.56 Å². The first kappa shape index (κ1) is 12.4. The monoisotopic (exact) mass is 257 g/mol. The molecule has 1 amide bonds. The van der Waals surface area contributed by atoms with Gasteiger partial charge in [0.25, 0.3) is 0 Å². The van der Waals surface area contributed by atoms with Gasteiger partial charge in [-0.05, 0) is 35.9 Å². The van der Waals surface area contributed by atoms with Gasteiger partial charge in [-0.25, -0.2) is 0 Å². The molecule has 0 saturated carbocycles.